The van der Waals surface area contributed by atoms with Crippen LogP contribution < -0.4 is 5.32 Å². The number of ether oxygens (including phenoxy) is 1. The molecule has 94 valence electrons. The van der Waals surface area contributed by atoms with Gasteiger partial charge in [0.05, 0.1) is 12.2 Å². The van der Waals surface area contributed by atoms with Crippen LogP contribution in [0.25, 0.3) is 0 Å². The zero-order chi connectivity index (χ0) is 12.9. The smallest absolute Gasteiger partial charge is 0.338 e. The van der Waals surface area contributed by atoms with Gasteiger partial charge in [-0.2, -0.15) is 0 Å². The lowest BCUT2D eigenvalue weighted by atomic mass is 9.95. The van der Waals surface area contributed by atoms with E-state index in [1.807, 2.05) is 20.9 Å². The number of rotatable bonds is 5. The molecule has 1 aromatic rings. The third-order valence-electron chi connectivity index (χ3n) is 2.33. The Morgan fingerprint density at radius 3 is 2.47 bits per heavy atom. The summed E-state index contributed by atoms with van der Waals surface area (Å²) in [5.41, 5.74) is 0.450. The number of nitrogens with one attached hydrogen (secondary N) is 1. The highest BCUT2D eigenvalue weighted by Gasteiger charge is 2.19. The van der Waals surface area contributed by atoms with E-state index in [-0.39, 0.29) is 11.4 Å². The third-order valence-corrected chi connectivity index (χ3v) is 2.58. The Kier molecular flexibility index (Phi) is 4.97. The molecule has 0 heterocycles. The fourth-order valence-electron chi connectivity index (χ4n) is 1.46. The molecular weight excluding hydrogens is 238 g/mol. The van der Waals surface area contributed by atoms with Crippen molar-refractivity contribution in [3.63, 3.8) is 0 Å². The van der Waals surface area contributed by atoms with Crippen molar-refractivity contribution in [1.82, 2.24) is 5.32 Å². The highest BCUT2D eigenvalue weighted by atomic mass is 35.5. The van der Waals surface area contributed by atoms with E-state index >= 15 is 0 Å². The lowest BCUT2D eigenvalue weighted by Crippen LogP contribution is -2.32. The van der Waals surface area contributed by atoms with Crippen LogP contribution in [0.15, 0.2) is 24.3 Å². The van der Waals surface area contributed by atoms with Gasteiger partial charge in [-0.3, -0.25) is 0 Å². The molecule has 17 heavy (non-hydrogen) atoms. The van der Waals surface area contributed by atoms with Gasteiger partial charge < -0.3 is 10.1 Å². The van der Waals surface area contributed by atoms with Crippen molar-refractivity contribution in [2.24, 2.45) is 5.41 Å². The largest absolute Gasteiger partial charge is 0.461 e. The van der Waals surface area contributed by atoms with Crippen LogP contribution >= 0.6 is 11.6 Å². The first-order valence-corrected chi connectivity index (χ1v) is 5.90. The molecule has 1 N–H and O–H groups in total. The Labute approximate surface area is 107 Å². The summed E-state index contributed by atoms with van der Waals surface area (Å²) in [6.07, 6.45) is 0. The van der Waals surface area contributed by atoms with E-state index < -0.39 is 0 Å². The Balaban J connectivity index is 2.53. The summed E-state index contributed by atoms with van der Waals surface area (Å²) in [6.45, 7) is 5.26. The van der Waals surface area contributed by atoms with Crippen LogP contribution in [0.3, 0.4) is 0 Å². The fraction of sp³-hybridized carbons (Fsp3) is 0.462. The Morgan fingerprint density at radius 2 is 1.94 bits per heavy atom. The standard InChI is InChI=1S/C13H18ClNO2/c1-13(2,8-15-3)9-17-12(16)10-4-6-11(14)7-5-10/h4-7,15H,8-9H2,1-3H3. The van der Waals surface area contributed by atoms with E-state index in [1.165, 1.54) is 0 Å². The van der Waals surface area contributed by atoms with E-state index in [2.05, 4.69) is 5.32 Å². The van der Waals surface area contributed by atoms with Crippen molar-refractivity contribution in [1.29, 1.82) is 0 Å². The molecule has 0 unspecified atom stereocenters. The molecule has 0 fully saturated rings. The molecule has 0 saturated heterocycles. The first-order valence-electron chi connectivity index (χ1n) is 5.52. The monoisotopic (exact) mass is 255 g/mol. The summed E-state index contributed by atoms with van der Waals surface area (Å²) in [4.78, 5) is 11.7. The Morgan fingerprint density at radius 1 is 1.35 bits per heavy atom. The second-order valence-electron chi connectivity index (χ2n) is 4.78. The summed E-state index contributed by atoms with van der Waals surface area (Å²) < 4.78 is 5.26. The normalized spacial score (nSPS) is 11.3. The molecule has 0 bridgehead atoms. The van der Waals surface area contributed by atoms with Gasteiger partial charge in [0, 0.05) is 17.0 Å². The van der Waals surface area contributed by atoms with Crippen LogP contribution in [0, 0.1) is 5.41 Å². The SMILES string of the molecule is CNCC(C)(C)COC(=O)c1ccc(Cl)cc1. The second kappa shape index (κ2) is 6.03. The van der Waals surface area contributed by atoms with Gasteiger partial charge in [-0.25, -0.2) is 4.79 Å². The van der Waals surface area contributed by atoms with Crippen molar-refractivity contribution in [3.05, 3.63) is 34.9 Å². The van der Waals surface area contributed by atoms with E-state index in [9.17, 15) is 4.79 Å². The number of benzene rings is 1. The fourth-order valence-corrected chi connectivity index (χ4v) is 1.59. The molecule has 0 aliphatic heterocycles. The predicted molar refractivity (Wildman–Crippen MR) is 69.4 cm³/mol. The molecule has 0 aromatic heterocycles. The lowest BCUT2D eigenvalue weighted by Gasteiger charge is -2.23. The summed E-state index contributed by atoms with van der Waals surface area (Å²) >= 11 is 5.75. The molecule has 1 rings (SSSR count). The van der Waals surface area contributed by atoms with Crippen molar-refractivity contribution in [2.45, 2.75) is 13.8 Å². The molecule has 0 spiro atoms. The van der Waals surface area contributed by atoms with Crippen molar-refractivity contribution in [2.75, 3.05) is 20.2 Å². The number of esters is 1. The Hall–Kier alpha value is -1.06. The summed E-state index contributed by atoms with van der Waals surface area (Å²) in [7, 11) is 1.88. The molecule has 3 nitrogen and oxygen atoms in total. The molecule has 0 radical (unpaired) electrons. The maximum absolute atomic E-state index is 11.7. The van der Waals surface area contributed by atoms with E-state index in [4.69, 9.17) is 16.3 Å². The zero-order valence-corrected chi connectivity index (χ0v) is 11.2. The van der Waals surface area contributed by atoms with E-state index in [0.717, 1.165) is 6.54 Å². The number of carbonyl (C=O) groups excluding carboxylic acids is 1. The summed E-state index contributed by atoms with van der Waals surface area (Å²) in [5, 5.41) is 3.68. The lowest BCUT2D eigenvalue weighted by molar-refractivity contribution is 0.0344. The topological polar surface area (TPSA) is 38.3 Å². The van der Waals surface area contributed by atoms with Gasteiger partial charge in [-0.15, -0.1) is 0 Å². The second-order valence-corrected chi connectivity index (χ2v) is 5.21. The first-order chi connectivity index (χ1) is 7.94. The minimum atomic E-state index is -0.314. The van der Waals surface area contributed by atoms with Crippen LogP contribution in [0.4, 0.5) is 0 Å². The minimum absolute atomic E-state index is 0.0726. The number of hydrogen-bond acceptors (Lipinski definition) is 3. The van der Waals surface area contributed by atoms with Gasteiger partial charge in [-0.1, -0.05) is 25.4 Å². The van der Waals surface area contributed by atoms with E-state index in [0.29, 0.717) is 17.2 Å². The van der Waals surface area contributed by atoms with Gasteiger partial charge in [-0.05, 0) is 31.3 Å². The van der Waals surface area contributed by atoms with Gasteiger partial charge in [0.15, 0.2) is 0 Å². The maximum Gasteiger partial charge on any atom is 0.338 e. The molecule has 0 aliphatic rings. The highest BCUT2D eigenvalue weighted by Crippen LogP contribution is 2.16. The van der Waals surface area contributed by atoms with E-state index in [1.54, 1.807) is 24.3 Å². The Bertz CT molecular complexity index is 374. The van der Waals surface area contributed by atoms with Crippen LogP contribution in [0.1, 0.15) is 24.2 Å². The number of hydrogen-bond donors (Lipinski definition) is 1. The van der Waals surface area contributed by atoms with Gasteiger partial charge >= 0.3 is 5.97 Å². The van der Waals surface area contributed by atoms with Crippen LogP contribution in [0.5, 0.6) is 0 Å². The molecule has 0 saturated carbocycles. The quantitative estimate of drug-likeness (QED) is 0.823. The number of carbonyl (C=O) groups is 1. The van der Waals surface area contributed by atoms with Crippen molar-refractivity contribution >= 4 is 17.6 Å². The van der Waals surface area contributed by atoms with Crippen molar-refractivity contribution in [3.8, 4) is 0 Å². The summed E-state index contributed by atoms with van der Waals surface area (Å²) in [5.74, 6) is -0.314. The average Bonchev–Trinajstić information content (AvgIpc) is 2.27. The average molecular weight is 256 g/mol. The minimum Gasteiger partial charge on any atom is -0.461 e. The highest BCUT2D eigenvalue weighted by molar-refractivity contribution is 6.30. The molecule has 0 aliphatic carbocycles. The molecule has 0 amide bonds. The first kappa shape index (κ1) is 14.0. The van der Waals surface area contributed by atoms with Crippen molar-refractivity contribution < 1.29 is 9.53 Å². The van der Waals surface area contributed by atoms with Crippen LogP contribution in [0.2, 0.25) is 5.02 Å². The molecule has 1 aromatic carbocycles. The maximum atomic E-state index is 11.7. The zero-order valence-electron chi connectivity index (χ0n) is 10.4. The third kappa shape index (κ3) is 4.75. The van der Waals surface area contributed by atoms with Crippen LogP contribution in [-0.4, -0.2) is 26.2 Å². The van der Waals surface area contributed by atoms with Gasteiger partial charge in [0.1, 0.15) is 0 Å². The molecule has 0 atom stereocenters. The molecule has 4 heteroatoms. The van der Waals surface area contributed by atoms with Gasteiger partial charge in [0.25, 0.3) is 0 Å². The number of halogens is 1. The predicted octanol–water partition coefficient (Wildman–Crippen LogP) is 2.74. The molecular formula is C13H18ClNO2. The van der Waals surface area contributed by atoms with Gasteiger partial charge in [0.2, 0.25) is 0 Å². The van der Waals surface area contributed by atoms with Crippen LogP contribution in [-0.2, 0) is 4.74 Å². The summed E-state index contributed by atoms with van der Waals surface area (Å²) in [6, 6.07) is 6.68.